The average Bonchev–Trinajstić information content (AvgIpc) is 2.84. The normalized spacial score (nSPS) is 15.5. The maximum absolute atomic E-state index is 12.0. The third kappa shape index (κ3) is 3.51. The Bertz CT molecular complexity index is 688. The number of carbonyl (C=O) groups is 1. The Hall–Kier alpha value is -1.79. The van der Waals surface area contributed by atoms with E-state index in [1.807, 2.05) is 24.3 Å². The smallest absolute Gasteiger partial charge is 0.326 e. The Kier molecular flexibility index (Phi) is 5.63. The lowest BCUT2D eigenvalue weighted by molar-refractivity contribution is -0.125. The number of H-pyrrole nitrogens is 1. The highest BCUT2D eigenvalue weighted by Crippen LogP contribution is 2.11. The molecule has 1 aromatic heterocycles. The Labute approximate surface area is 134 Å². The number of rotatable bonds is 4. The summed E-state index contributed by atoms with van der Waals surface area (Å²) in [5.74, 6) is 0.204. The van der Waals surface area contributed by atoms with Gasteiger partial charge >= 0.3 is 5.69 Å². The number of fused-ring (bicyclic) bond motifs is 1. The van der Waals surface area contributed by atoms with Crippen molar-refractivity contribution in [3.63, 3.8) is 0 Å². The number of hydrogen-bond acceptors (Lipinski definition) is 3. The van der Waals surface area contributed by atoms with E-state index in [9.17, 15) is 9.59 Å². The van der Waals surface area contributed by atoms with Crippen molar-refractivity contribution in [2.24, 2.45) is 5.92 Å². The number of nitrogens with one attached hydrogen (secondary N) is 3. The summed E-state index contributed by atoms with van der Waals surface area (Å²) in [5.41, 5.74) is 1.57. The summed E-state index contributed by atoms with van der Waals surface area (Å²) in [6.07, 6.45) is 1.78. The van der Waals surface area contributed by atoms with E-state index in [0.717, 1.165) is 37.0 Å². The summed E-state index contributed by atoms with van der Waals surface area (Å²) in [6.45, 7) is 2.77. The highest BCUT2D eigenvalue weighted by Gasteiger charge is 2.20. The largest absolute Gasteiger partial charge is 0.354 e. The number of benzene rings is 1. The van der Waals surface area contributed by atoms with Gasteiger partial charge in [-0.15, -0.1) is 12.4 Å². The third-order valence-electron chi connectivity index (χ3n) is 4.03. The molecule has 0 radical (unpaired) electrons. The summed E-state index contributed by atoms with van der Waals surface area (Å²) in [7, 11) is 0. The number of aromatic amines is 1. The minimum Gasteiger partial charge on any atom is -0.354 e. The Balaban J connectivity index is 0.00000176. The summed E-state index contributed by atoms with van der Waals surface area (Å²) in [4.78, 5) is 26.8. The van der Waals surface area contributed by atoms with Gasteiger partial charge in [0.25, 0.3) is 0 Å². The fourth-order valence-corrected chi connectivity index (χ4v) is 2.85. The van der Waals surface area contributed by atoms with Crippen LogP contribution in [-0.2, 0) is 11.3 Å². The lowest BCUT2D eigenvalue weighted by atomic mass is 9.97. The second kappa shape index (κ2) is 7.47. The monoisotopic (exact) mass is 324 g/mol. The first-order valence-corrected chi connectivity index (χ1v) is 7.41. The molecule has 0 atom stereocenters. The van der Waals surface area contributed by atoms with Gasteiger partial charge in [-0.2, -0.15) is 0 Å². The Morgan fingerprint density at radius 2 is 2.00 bits per heavy atom. The SMILES string of the molecule is Cl.O=C(NCCn1c(=O)[nH]c2ccccc21)C1CCNCC1. The summed E-state index contributed by atoms with van der Waals surface area (Å²) >= 11 is 0. The van der Waals surface area contributed by atoms with E-state index in [1.165, 1.54) is 0 Å². The van der Waals surface area contributed by atoms with Gasteiger partial charge in [-0.25, -0.2) is 4.79 Å². The van der Waals surface area contributed by atoms with Gasteiger partial charge in [-0.05, 0) is 38.1 Å². The first-order chi connectivity index (χ1) is 10.3. The fraction of sp³-hybridized carbons (Fsp3) is 0.467. The number of amides is 1. The van der Waals surface area contributed by atoms with Crippen LogP contribution < -0.4 is 16.3 Å². The lowest BCUT2D eigenvalue weighted by Crippen LogP contribution is -2.39. The van der Waals surface area contributed by atoms with Crippen LogP contribution in [-0.4, -0.2) is 35.1 Å². The molecule has 7 heteroatoms. The van der Waals surface area contributed by atoms with Crippen LogP contribution in [0.1, 0.15) is 12.8 Å². The molecule has 0 unspecified atom stereocenters. The van der Waals surface area contributed by atoms with Gasteiger partial charge in [0.1, 0.15) is 0 Å². The second-order valence-corrected chi connectivity index (χ2v) is 5.41. The Morgan fingerprint density at radius 3 is 2.77 bits per heavy atom. The molecule has 0 bridgehead atoms. The molecule has 2 aromatic rings. The van der Waals surface area contributed by atoms with Gasteiger partial charge in [0.15, 0.2) is 0 Å². The molecule has 1 saturated heterocycles. The molecule has 1 aliphatic rings. The van der Waals surface area contributed by atoms with Crippen LogP contribution in [0.5, 0.6) is 0 Å². The van der Waals surface area contributed by atoms with Crippen LogP contribution in [0.3, 0.4) is 0 Å². The van der Waals surface area contributed by atoms with E-state index < -0.39 is 0 Å². The Morgan fingerprint density at radius 1 is 1.27 bits per heavy atom. The number of para-hydroxylation sites is 2. The van der Waals surface area contributed by atoms with Gasteiger partial charge in [-0.1, -0.05) is 12.1 Å². The van der Waals surface area contributed by atoms with E-state index in [4.69, 9.17) is 0 Å². The van der Waals surface area contributed by atoms with E-state index in [0.29, 0.717) is 13.1 Å². The number of nitrogens with zero attached hydrogens (tertiary/aromatic N) is 1. The molecular formula is C15H21ClN4O2. The number of carbonyl (C=O) groups excluding carboxylic acids is 1. The van der Waals surface area contributed by atoms with E-state index in [-0.39, 0.29) is 29.9 Å². The van der Waals surface area contributed by atoms with Crippen LogP contribution in [0, 0.1) is 5.92 Å². The van der Waals surface area contributed by atoms with Crippen molar-refractivity contribution in [2.45, 2.75) is 19.4 Å². The number of imidazole rings is 1. The van der Waals surface area contributed by atoms with Crippen molar-refractivity contribution in [1.82, 2.24) is 20.2 Å². The first kappa shape index (κ1) is 16.6. The quantitative estimate of drug-likeness (QED) is 0.780. The highest BCUT2D eigenvalue weighted by atomic mass is 35.5. The maximum Gasteiger partial charge on any atom is 0.326 e. The lowest BCUT2D eigenvalue weighted by Gasteiger charge is -2.21. The third-order valence-corrected chi connectivity index (χ3v) is 4.03. The first-order valence-electron chi connectivity index (χ1n) is 7.41. The number of aromatic nitrogens is 2. The van der Waals surface area contributed by atoms with Crippen LogP contribution in [0.25, 0.3) is 11.0 Å². The van der Waals surface area contributed by atoms with Crippen LogP contribution >= 0.6 is 12.4 Å². The molecule has 1 aromatic carbocycles. The van der Waals surface area contributed by atoms with Gasteiger partial charge in [0.2, 0.25) is 5.91 Å². The van der Waals surface area contributed by atoms with Crippen molar-refractivity contribution in [1.29, 1.82) is 0 Å². The zero-order chi connectivity index (χ0) is 14.7. The van der Waals surface area contributed by atoms with Crippen molar-refractivity contribution < 1.29 is 4.79 Å². The maximum atomic E-state index is 12.0. The zero-order valence-electron chi connectivity index (χ0n) is 12.3. The van der Waals surface area contributed by atoms with Crippen molar-refractivity contribution in [3.8, 4) is 0 Å². The molecule has 6 nitrogen and oxygen atoms in total. The van der Waals surface area contributed by atoms with Gasteiger partial charge in [0.05, 0.1) is 11.0 Å². The zero-order valence-corrected chi connectivity index (χ0v) is 13.1. The summed E-state index contributed by atoms with van der Waals surface area (Å²) in [6, 6.07) is 7.57. The average molecular weight is 325 g/mol. The van der Waals surface area contributed by atoms with Crippen LogP contribution in [0.15, 0.2) is 29.1 Å². The molecule has 22 heavy (non-hydrogen) atoms. The van der Waals surface area contributed by atoms with Gasteiger partial charge < -0.3 is 15.6 Å². The minimum atomic E-state index is -0.132. The van der Waals surface area contributed by atoms with Crippen molar-refractivity contribution >= 4 is 29.3 Å². The van der Waals surface area contributed by atoms with E-state index >= 15 is 0 Å². The highest BCUT2D eigenvalue weighted by molar-refractivity contribution is 5.85. The molecule has 1 fully saturated rings. The minimum absolute atomic E-state index is 0. The summed E-state index contributed by atoms with van der Waals surface area (Å²) in [5, 5.41) is 6.19. The molecule has 3 N–H and O–H groups in total. The van der Waals surface area contributed by atoms with E-state index in [2.05, 4.69) is 15.6 Å². The van der Waals surface area contributed by atoms with Crippen LogP contribution in [0.2, 0.25) is 0 Å². The fourth-order valence-electron chi connectivity index (χ4n) is 2.85. The molecule has 3 rings (SSSR count). The van der Waals surface area contributed by atoms with Gasteiger partial charge in [0, 0.05) is 19.0 Å². The van der Waals surface area contributed by atoms with Gasteiger partial charge in [-0.3, -0.25) is 9.36 Å². The molecule has 1 aliphatic heterocycles. The standard InChI is InChI=1S/C15H20N4O2.ClH/c20-14(11-5-7-16-8-6-11)17-9-10-19-13-4-2-1-3-12(13)18-15(19)21;/h1-4,11,16H,5-10H2,(H,17,20)(H,18,21);1H. The predicted octanol–water partition coefficient (Wildman–Crippen LogP) is 0.867. The summed E-state index contributed by atoms with van der Waals surface area (Å²) < 4.78 is 1.66. The second-order valence-electron chi connectivity index (χ2n) is 5.41. The van der Waals surface area contributed by atoms with Crippen molar-refractivity contribution in [3.05, 3.63) is 34.7 Å². The number of halogens is 1. The number of piperidine rings is 1. The molecule has 0 aliphatic carbocycles. The number of hydrogen-bond donors (Lipinski definition) is 3. The topological polar surface area (TPSA) is 78.9 Å². The van der Waals surface area contributed by atoms with E-state index in [1.54, 1.807) is 4.57 Å². The molecule has 1 amide bonds. The predicted molar refractivity (Wildman–Crippen MR) is 88.4 cm³/mol. The molecule has 0 saturated carbocycles. The molecule has 0 spiro atoms. The molecular weight excluding hydrogens is 304 g/mol. The molecule has 120 valence electrons. The van der Waals surface area contributed by atoms with Crippen LogP contribution in [0.4, 0.5) is 0 Å². The van der Waals surface area contributed by atoms with Crippen molar-refractivity contribution in [2.75, 3.05) is 19.6 Å². The molecule has 2 heterocycles.